The van der Waals surface area contributed by atoms with Crippen molar-refractivity contribution in [1.82, 2.24) is 0 Å². The van der Waals surface area contributed by atoms with Crippen LogP contribution in [0.1, 0.15) is 15.9 Å². The number of thiophene rings is 1. The molecule has 0 unspecified atom stereocenters. The maximum Gasteiger partial charge on any atom is 0.338 e. The summed E-state index contributed by atoms with van der Waals surface area (Å²) in [6.45, 7) is -0.213. The maximum absolute atomic E-state index is 11.0. The van der Waals surface area contributed by atoms with Gasteiger partial charge in [0, 0.05) is 5.56 Å². The zero-order valence-electron chi connectivity index (χ0n) is 7.73. The Balaban J connectivity index is 3.33. The molecule has 0 bridgehead atoms. The summed E-state index contributed by atoms with van der Waals surface area (Å²) < 4.78 is 1.64. The molecule has 1 rings (SSSR count). The lowest BCUT2D eigenvalue weighted by Gasteiger charge is -1.98. The first-order chi connectivity index (χ1) is 6.65. The topological polar surface area (TPSA) is 57.5 Å². The second-order valence-electron chi connectivity index (χ2n) is 2.40. The summed E-state index contributed by atoms with van der Waals surface area (Å²) in [5.41, 5.74) is 0.800. The molecule has 2 N–H and O–H groups in total. The van der Waals surface area contributed by atoms with E-state index in [0.29, 0.717) is 5.56 Å². The molecule has 0 aromatic carbocycles. The largest absolute Gasteiger partial charge is 0.478 e. The van der Waals surface area contributed by atoms with Crippen LogP contribution in [0.5, 0.6) is 0 Å². The molecule has 0 saturated heterocycles. The molecule has 1 aromatic rings. The maximum atomic E-state index is 11.0. The van der Waals surface area contributed by atoms with Gasteiger partial charge >= 0.3 is 5.97 Å². The minimum atomic E-state index is -0.963. The monoisotopic (exact) mass is 250 g/mol. The highest BCUT2D eigenvalue weighted by Crippen LogP contribution is 2.39. The van der Waals surface area contributed by atoms with Gasteiger partial charge in [-0.05, 0) is 12.5 Å². The lowest BCUT2D eigenvalue weighted by atomic mass is 10.2. The summed E-state index contributed by atoms with van der Waals surface area (Å²) in [5.74, 6) is -0.963. The predicted molar refractivity (Wildman–Crippen MR) is 60.8 cm³/mol. The number of carbonyl (C=O) groups is 1. The number of hydrogen-bond acceptors (Lipinski definition) is 5. The van der Waals surface area contributed by atoms with Gasteiger partial charge in [0.2, 0.25) is 0 Å². The van der Waals surface area contributed by atoms with E-state index < -0.39 is 5.97 Å². The molecule has 0 saturated carbocycles. The number of aliphatic hydroxyl groups is 1. The molecule has 78 valence electrons. The van der Waals surface area contributed by atoms with Crippen molar-refractivity contribution in [3.63, 3.8) is 0 Å². The van der Waals surface area contributed by atoms with Gasteiger partial charge in [0.05, 0.1) is 20.6 Å². The summed E-state index contributed by atoms with van der Waals surface area (Å²) in [7, 11) is 0. The van der Waals surface area contributed by atoms with E-state index in [2.05, 4.69) is 0 Å². The third-order valence-electron chi connectivity index (χ3n) is 1.68. The first kappa shape index (κ1) is 11.9. The van der Waals surface area contributed by atoms with Crippen LogP contribution in [0.25, 0.3) is 0 Å². The molecule has 14 heavy (non-hydrogen) atoms. The molecule has 0 aliphatic heterocycles. The van der Waals surface area contributed by atoms with Crippen molar-refractivity contribution in [2.24, 2.45) is 0 Å². The number of aromatic carboxylic acids is 1. The molecule has 0 atom stereocenters. The molecule has 1 heterocycles. The van der Waals surface area contributed by atoms with Crippen LogP contribution in [0.3, 0.4) is 0 Å². The van der Waals surface area contributed by atoms with E-state index in [4.69, 9.17) is 10.2 Å². The molecule has 3 nitrogen and oxygen atoms in total. The molecule has 0 radical (unpaired) electrons. The van der Waals surface area contributed by atoms with Crippen molar-refractivity contribution in [2.45, 2.75) is 15.0 Å². The Bertz CT molecular complexity index is 346. The second kappa shape index (κ2) is 5.06. The van der Waals surface area contributed by atoms with Crippen LogP contribution in [-0.2, 0) is 6.61 Å². The highest BCUT2D eigenvalue weighted by Gasteiger charge is 2.21. The third kappa shape index (κ3) is 2.08. The van der Waals surface area contributed by atoms with Crippen molar-refractivity contribution >= 4 is 40.8 Å². The number of thioether (sulfide) groups is 2. The van der Waals surface area contributed by atoms with Gasteiger partial charge in [-0.25, -0.2) is 4.79 Å². The van der Waals surface area contributed by atoms with Gasteiger partial charge in [-0.1, -0.05) is 0 Å². The minimum absolute atomic E-state index is 0.213. The average molecular weight is 250 g/mol. The van der Waals surface area contributed by atoms with Crippen LogP contribution in [0.4, 0.5) is 0 Å². The zero-order chi connectivity index (χ0) is 10.7. The van der Waals surface area contributed by atoms with E-state index in [1.165, 1.54) is 34.9 Å². The zero-order valence-corrected chi connectivity index (χ0v) is 10.2. The van der Waals surface area contributed by atoms with Gasteiger partial charge in [-0.15, -0.1) is 34.9 Å². The van der Waals surface area contributed by atoms with Gasteiger partial charge in [0.1, 0.15) is 0 Å². The lowest BCUT2D eigenvalue weighted by Crippen LogP contribution is -2.00. The Morgan fingerprint density at radius 3 is 2.29 bits per heavy atom. The number of carboxylic acids is 1. The van der Waals surface area contributed by atoms with Gasteiger partial charge in [-0.2, -0.15) is 0 Å². The van der Waals surface area contributed by atoms with Crippen molar-refractivity contribution < 1.29 is 15.0 Å². The molecule has 6 heteroatoms. The Hall–Kier alpha value is -0.170. The van der Waals surface area contributed by atoms with Crippen LogP contribution in [0.15, 0.2) is 8.42 Å². The van der Waals surface area contributed by atoms with E-state index in [0.717, 1.165) is 8.42 Å². The summed E-state index contributed by atoms with van der Waals surface area (Å²) in [4.78, 5) is 11.0. The highest BCUT2D eigenvalue weighted by atomic mass is 32.2. The highest BCUT2D eigenvalue weighted by molar-refractivity contribution is 8.02. The van der Waals surface area contributed by atoms with Gasteiger partial charge in [-0.3, -0.25) is 0 Å². The Morgan fingerprint density at radius 1 is 1.36 bits per heavy atom. The van der Waals surface area contributed by atoms with Crippen molar-refractivity contribution in [3.05, 3.63) is 11.1 Å². The van der Waals surface area contributed by atoms with Crippen LogP contribution >= 0.6 is 34.9 Å². The number of aliphatic hydroxyl groups excluding tert-OH is 1. The van der Waals surface area contributed by atoms with Crippen LogP contribution in [-0.4, -0.2) is 28.7 Å². The molecule has 1 aromatic heterocycles. The normalized spacial score (nSPS) is 10.5. The predicted octanol–water partition coefficient (Wildman–Crippen LogP) is 2.38. The fourth-order valence-corrected chi connectivity index (χ4v) is 4.01. The van der Waals surface area contributed by atoms with Crippen molar-refractivity contribution in [1.29, 1.82) is 0 Å². The molecular formula is C8H10O3S3. The molecule has 0 aliphatic carbocycles. The molecule has 0 fully saturated rings. The van der Waals surface area contributed by atoms with Crippen LogP contribution in [0, 0.1) is 0 Å². The standard InChI is InChI=1S/C8H10O3S3/c1-12-7-4(3-9)5(6(10)11)8(13-2)14-7/h9H,3H2,1-2H3,(H,10,11). The summed E-state index contributed by atoms with van der Waals surface area (Å²) in [6.07, 6.45) is 3.71. The van der Waals surface area contributed by atoms with E-state index in [-0.39, 0.29) is 12.2 Å². The Morgan fingerprint density at radius 2 is 1.93 bits per heavy atom. The van der Waals surface area contributed by atoms with Gasteiger partial charge in [0.25, 0.3) is 0 Å². The molecule has 0 spiro atoms. The van der Waals surface area contributed by atoms with Crippen molar-refractivity contribution in [2.75, 3.05) is 12.5 Å². The number of hydrogen-bond donors (Lipinski definition) is 2. The van der Waals surface area contributed by atoms with Crippen LogP contribution in [0.2, 0.25) is 0 Å². The van der Waals surface area contributed by atoms with Crippen molar-refractivity contribution in [3.8, 4) is 0 Å². The number of carboxylic acid groups (broad SMARTS) is 1. The van der Waals surface area contributed by atoms with E-state index in [1.54, 1.807) is 0 Å². The molecular weight excluding hydrogens is 240 g/mol. The van der Waals surface area contributed by atoms with E-state index in [1.807, 2.05) is 12.5 Å². The van der Waals surface area contributed by atoms with Crippen LogP contribution < -0.4 is 0 Å². The van der Waals surface area contributed by atoms with E-state index in [9.17, 15) is 4.79 Å². The average Bonchev–Trinajstić information content (AvgIpc) is 2.54. The Labute approximate surface area is 94.5 Å². The first-order valence-electron chi connectivity index (χ1n) is 3.73. The second-order valence-corrected chi connectivity index (χ2v) is 5.57. The lowest BCUT2D eigenvalue weighted by molar-refractivity contribution is 0.0690. The fourth-order valence-electron chi connectivity index (χ4n) is 1.09. The minimum Gasteiger partial charge on any atom is -0.478 e. The fraction of sp³-hybridized carbons (Fsp3) is 0.375. The summed E-state index contributed by atoms with van der Waals surface area (Å²) >= 11 is 4.30. The SMILES string of the molecule is CSc1sc(SC)c(C(=O)O)c1CO. The summed E-state index contributed by atoms with van der Waals surface area (Å²) in [5, 5.41) is 18.1. The van der Waals surface area contributed by atoms with E-state index >= 15 is 0 Å². The number of rotatable bonds is 4. The smallest absolute Gasteiger partial charge is 0.338 e. The first-order valence-corrected chi connectivity index (χ1v) is 7.00. The van der Waals surface area contributed by atoms with Gasteiger partial charge in [0.15, 0.2) is 0 Å². The summed E-state index contributed by atoms with van der Waals surface area (Å²) in [6, 6.07) is 0. The third-order valence-corrected chi connectivity index (χ3v) is 5.19. The molecule has 0 aliphatic rings. The quantitative estimate of drug-likeness (QED) is 0.804. The van der Waals surface area contributed by atoms with Gasteiger partial charge < -0.3 is 10.2 Å². The Kier molecular flexibility index (Phi) is 4.31. The molecule has 0 amide bonds.